The number of aliphatic carboxylic acids is 1. The minimum absolute atomic E-state index is 0.105. The molecule has 0 saturated heterocycles. The summed E-state index contributed by atoms with van der Waals surface area (Å²) in [5.41, 5.74) is 1.13. The van der Waals surface area contributed by atoms with E-state index in [0.29, 0.717) is 17.9 Å². The number of benzene rings is 1. The minimum Gasteiger partial charge on any atom is -0.488 e. The molecule has 0 saturated carbocycles. The molecule has 0 amide bonds. The number of aromatic nitrogens is 1. The Morgan fingerprint density at radius 1 is 1.36 bits per heavy atom. The van der Waals surface area contributed by atoms with Gasteiger partial charge in [0.1, 0.15) is 0 Å². The van der Waals surface area contributed by atoms with E-state index in [9.17, 15) is 14.7 Å². The van der Waals surface area contributed by atoms with Crippen molar-refractivity contribution in [1.29, 1.82) is 0 Å². The van der Waals surface area contributed by atoms with Gasteiger partial charge in [-0.25, -0.2) is 0 Å². The smallest absolute Gasteiger partial charge is 0.307 e. The molecule has 7 heteroatoms. The van der Waals surface area contributed by atoms with Crippen LogP contribution >= 0.6 is 0 Å². The van der Waals surface area contributed by atoms with Crippen LogP contribution < -0.4 is 15.5 Å². The summed E-state index contributed by atoms with van der Waals surface area (Å²) in [6, 6.07) is 8.00. The number of aromatic amines is 1. The SMILES string of the molecule is CCCCOc1c[nH]c([C@@H](O)Nc2cccc(CC(=O)O)c2)cc1=O. The first-order valence-corrected chi connectivity index (χ1v) is 8.10. The van der Waals surface area contributed by atoms with Crippen LogP contribution in [-0.4, -0.2) is 27.8 Å². The number of carboxylic acid groups (broad SMARTS) is 1. The normalized spacial score (nSPS) is 11.8. The van der Waals surface area contributed by atoms with Crippen LogP contribution in [0, 0.1) is 0 Å². The summed E-state index contributed by atoms with van der Waals surface area (Å²) < 4.78 is 5.38. The lowest BCUT2D eigenvalue weighted by molar-refractivity contribution is -0.136. The van der Waals surface area contributed by atoms with E-state index >= 15 is 0 Å². The molecule has 1 aromatic carbocycles. The number of unbranched alkanes of at least 4 members (excludes halogenated alkanes) is 1. The number of aliphatic hydroxyl groups excluding tert-OH is 1. The molecule has 0 fully saturated rings. The van der Waals surface area contributed by atoms with Crippen LogP contribution in [0.2, 0.25) is 0 Å². The highest BCUT2D eigenvalue weighted by Gasteiger charge is 2.11. The van der Waals surface area contributed by atoms with Crippen LogP contribution in [-0.2, 0) is 11.2 Å². The second-order valence-corrected chi connectivity index (χ2v) is 5.64. The third-order valence-electron chi connectivity index (χ3n) is 3.54. The van der Waals surface area contributed by atoms with E-state index in [1.807, 2.05) is 6.92 Å². The second kappa shape index (κ2) is 8.89. The predicted molar refractivity (Wildman–Crippen MR) is 93.8 cm³/mol. The van der Waals surface area contributed by atoms with Crippen LogP contribution in [0.3, 0.4) is 0 Å². The number of aliphatic hydroxyl groups is 1. The molecule has 2 aromatic rings. The zero-order valence-electron chi connectivity index (χ0n) is 14.0. The van der Waals surface area contributed by atoms with Crippen LogP contribution in [0.1, 0.15) is 37.3 Å². The van der Waals surface area contributed by atoms with Gasteiger partial charge >= 0.3 is 5.97 Å². The maximum atomic E-state index is 12.0. The summed E-state index contributed by atoms with van der Waals surface area (Å²) in [7, 11) is 0. The van der Waals surface area contributed by atoms with E-state index in [-0.39, 0.29) is 23.3 Å². The highest BCUT2D eigenvalue weighted by atomic mass is 16.5. The molecule has 0 spiro atoms. The van der Waals surface area contributed by atoms with Gasteiger partial charge in [0.2, 0.25) is 5.43 Å². The van der Waals surface area contributed by atoms with E-state index in [0.717, 1.165) is 12.8 Å². The van der Waals surface area contributed by atoms with E-state index < -0.39 is 12.2 Å². The van der Waals surface area contributed by atoms with Gasteiger partial charge in [0, 0.05) is 18.0 Å². The minimum atomic E-state index is -1.14. The van der Waals surface area contributed by atoms with Gasteiger partial charge in [-0.15, -0.1) is 0 Å². The van der Waals surface area contributed by atoms with Gasteiger partial charge in [-0.05, 0) is 24.1 Å². The number of nitrogens with one attached hydrogen (secondary N) is 2. The first-order valence-electron chi connectivity index (χ1n) is 8.10. The standard InChI is InChI=1S/C18H22N2O5/c1-2-3-7-25-16-11-19-14(10-15(16)21)18(24)20-13-6-4-5-12(8-13)9-17(22)23/h4-6,8,10-11,18,20,24H,2-3,7,9H2,1H3,(H,19,21)(H,22,23)/t18-/m1/s1. The van der Waals surface area contributed by atoms with Gasteiger partial charge in [0.15, 0.2) is 12.0 Å². The quantitative estimate of drug-likeness (QED) is 0.409. The molecule has 25 heavy (non-hydrogen) atoms. The summed E-state index contributed by atoms with van der Waals surface area (Å²) >= 11 is 0. The van der Waals surface area contributed by atoms with Gasteiger partial charge in [-0.2, -0.15) is 0 Å². The van der Waals surface area contributed by atoms with Crippen molar-refractivity contribution in [2.24, 2.45) is 0 Å². The Kier molecular flexibility index (Phi) is 6.59. The zero-order valence-corrected chi connectivity index (χ0v) is 14.0. The largest absolute Gasteiger partial charge is 0.488 e. The van der Waals surface area contributed by atoms with Crippen molar-refractivity contribution in [2.45, 2.75) is 32.4 Å². The fourth-order valence-corrected chi connectivity index (χ4v) is 2.25. The summed E-state index contributed by atoms with van der Waals surface area (Å²) in [5.74, 6) is -0.714. The maximum absolute atomic E-state index is 12.0. The molecule has 0 aliphatic heterocycles. The average Bonchev–Trinajstić information content (AvgIpc) is 2.56. The van der Waals surface area contributed by atoms with Crippen LogP contribution in [0.4, 0.5) is 5.69 Å². The van der Waals surface area contributed by atoms with Crippen molar-refractivity contribution in [3.8, 4) is 5.75 Å². The van der Waals surface area contributed by atoms with Gasteiger partial charge in [0.05, 0.1) is 18.7 Å². The Hall–Kier alpha value is -2.80. The van der Waals surface area contributed by atoms with Gasteiger partial charge in [-0.1, -0.05) is 25.5 Å². The Morgan fingerprint density at radius 3 is 2.84 bits per heavy atom. The van der Waals surface area contributed by atoms with E-state index in [4.69, 9.17) is 9.84 Å². The van der Waals surface area contributed by atoms with Crippen molar-refractivity contribution in [3.05, 3.63) is 58.0 Å². The molecule has 1 aromatic heterocycles. The fourth-order valence-electron chi connectivity index (χ4n) is 2.25. The number of hydrogen-bond donors (Lipinski definition) is 4. The maximum Gasteiger partial charge on any atom is 0.307 e. The molecule has 1 heterocycles. The summed E-state index contributed by atoms with van der Waals surface area (Å²) in [4.78, 5) is 25.6. The highest BCUT2D eigenvalue weighted by Crippen LogP contribution is 2.17. The zero-order chi connectivity index (χ0) is 18.2. The molecule has 0 unspecified atom stereocenters. The van der Waals surface area contributed by atoms with Crippen molar-refractivity contribution in [3.63, 3.8) is 0 Å². The lowest BCUT2D eigenvalue weighted by Gasteiger charge is -2.15. The topological polar surface area (TPSA) is 112 Å². The molecule has 2 rings (SSSR count). The molecule has 0 radical (unpaired) electrons. The molecule has 0 bridgehead atoms. The molecular weight excluding hydrogens is 324 g/mol. The third kappa shape index (κ3) is 5.65. The average molecular weight is 346 g/mol. The van der Waals surface area contributed by atoms with Crippen molar-refractivity contribution in [2.75, 3.05) is 11.9 Å². The van der Waals surface area contributed by atoms with Gasteiger partial charge in [-0.3, -0.25) is 9.59 Å². The van der Waals surface area contributed by atoms with Crippen LogP contribution in [0.15, 0.2) is 41.3 Å². The first kappa shape index (κ1) is 18.5. The van der Waals surface area contributed by atoms with E-state index in [2.05, 4.69) is 10.3 Å². The Balaban J connectivity index is 2.05. The van der Waals surface area contributed by atoms with Gasteiger partial charge in [0.25, 0.3) is 0 Å². The number of carbonyl (C=O) groups is 1. The summed E-state index contributed by atoms with van der Waals surface area (Å²) in [6.45, 7) is 2.50. The predicted octanol–water partition coefficient (Wildman–Crippen LogP) is 2.28. The first-order chi connectivity index (χ1) is 12.0. The van der Waals surface area contributed by atoms with Crippen LogP contribution in [0.5, 0.6) is 5.75 Å². The monoisotopic (exact) mass is 346 g/mol. The number of carboxylic acids is 1. The summed E-state index contributed by atoms with van der Waals surface area (Å²) in [5, 5.41) is 21.9. The number of H-pyrrole nitrogens is 1. The Bertz CT molecular complexity index is 772. The fraction of sp³-hybridized carbons (Fsp3) is 0.333. The molecule has 1 atom stereocenters. The molecule has 0 aliphatic carbocycles. The second-order valence-electron chi connectivity index (χ2n) is 5.64. The highest BCUT2D eigenvalue weighted by molar-refractivity contribution is 5.70. The number of anilines is 1. The van der Waals surface area contributed by atoms with Crippen molar-refractivity contribution < 1.29 is 19.7 Å². The lowest BCUT2D eigenvalue weighted by atomic mass is 10.1. The lowest BCUT2D eigenvalue weighted by Crippen LogP contribution is -2.16. The molecule has 134 valence electrons. The van der Waals surface area contributed by atoms with Crippen molar-refractivity contribution >= 4 is 11.7 Å². The number of rotatable bonds is 9. The molecule has 4 N–H and O–H groups in total. The Labute approximate surface area is 145 Å². The third-order valence-corrected chi connectivity index (χ3v) is 3.54. The van der Waals surface area contributed by atoms with Crippen molar-refractivity contribution in [1.82, 2.24) is 4.98 Å². The summed E-state index contributed by atoms with van der Waals surface area (Å²) in [6.07, 6.45) is 2.01. The Morgan fingerprint density at radius 2 is 2.16 bits per heavy atom. The van der Waals surface area contributed by atoms with E-state index in [1.165, 1.54) is 12.3 Å². The molecule has 7 nitrogen and oxygen atoms in total. The van der Waals surface area contributed by atoms with Crippen LogP contribution in [0.25, 0.3) is 0 Å². The number of hydrogen-bond acceptors (Lipinski definition) is 5. The van der Waals surface area contributed by atoms with E-state index in [1.54, 1.807) is 24.3 Å². The van der Waals surface area contributed by atoms with Gasteiger partial charge < -0.3 is 25.3 Å². The molecule has 0 aliphatic rings. The number of ether oxygens (including phenoxy) is 1. The number of pyridine rings is 1. The molecular formula is C18H22N2O5.